The van der Waals surface area contributed by atoms with Crippen LogP contribution in [0.15, 0.2) is 22.7 Å². The van der Waals surface area contributed by atoms with E-state index in [1.54, 1.807) is 6.07 Å². The minimum atomic E-state index is -0.429. The molecule has 0 spiro atoms. The maximum absolute atomic E-state index is 13.3. The van der Waals surface area contributed by atoms with Gasteiger partial charge >= 0.3 is 0 Å². The molecule has 0 aliphatic heterocycles. The summed E-state index contributed by atoms with van der Waals surface area (Å²) in [5, 5.41) is 2.77. The lowest BCUT2D eigenvalue weighted by Gasteiger charge is -2.20. The summed E-state index contributed by atoms with van der Waals surface area (Å²) in [6, 6.07) is 4.79. The Morgan fingerprint density at radius 2 is 2.17 bits per heavy atom. The molecule has 100 valence electrons. The van der Waals surface area contributed by atoms with Crippen molar-refractivity contribution < 1.29 is 9.18 Å². The molecule has 18 heavy (non-hydrogen) atoms. The van der Waals surface area contributed by atoms with Crippen LogP contribution < -0.4 is 5.32 Å². The Labute approximate surface area is 115 Å². The van der Waals surface area contributed by atoms with E-state index in [0.717, 1.165) is 6.54 Å². The molecule has 0 radical (unpaired) electrons. The summed E-state index contributed by atoms with van der Waals surface area (Å²) in [5.41, 5.74) is 0.336. The molecule has 0 saturated heterocycles. The molecule has 1 N–H and O–H groups in total. The van der Waals surface area contributed by atoms with Crippen LogP contribution >= 0.6 is 15.9 Å². The number of nitrogens with one attached hydrogen (secondary N) is 1. The van der Waals surface area contributed by atoms with E-state index in [4.69, 9.17) is 0 Å². The van der Waals surface area contributed by atoms with E-state index in [1.807, 2.05) is 7.05 Å². The molecule has 0 aromatic heterocycles. The molecular weight excluding hydrogens is 299 g/mol. The van der Waals surface area contributed by atoms with Crippen LogP contribution in [0, 0.1) is 5.82 Å². The van der Waals surface area contributed by atoms with Gasteiger partial charge in [0.05, 0.1) is 4.47 Å². The fourth-order valence-electron chi connectivity index (χ4n) is 1.34. The third-order valence-electron chi connectivity index (χ3n) is 2.81. The molecule has 0 bridgehead atoms. The SMILES string of the molecule is CC(C)N(C)CCNC(=O)c1ccc(Br)c(F)c1. The van der Waals surface area contributed by atoms with Crippen molar-refractivity contribution in [3.05, 3.63) is 34.1 Å². The van der Waals surface area contributed by atoms with Crippen LogP contribution in [-0.2, 0) is 0 Å². The van der Waals surface area contributed by atoms with E-state index in [2.05, 4.69) is 40.0 Å². The number of carbonyl (C=O) groups excluding carboxylic acids is 1. The first-order valence-electron chi connectivity index (χ1n) is 5.85. The highest BCUT2D eigenvalue weighted by atomic mass is 79.9. The Kier molecular flexibility index (Phi) is 5.75. The monoisotopic (exact) mass is 316 g/mol. The topological polar surface area (TPSA) is 32.3 Å². The van der Waals surface area contributed by atoms with Gasteiger partial charge in [-0.3, -0.25) is 4.79 Å². The van der Waals surface area contributed by atoms with Gasteiger partial charge in [0.25, 0.3) is 5.91 Å². The number of benzene rings is 1. The summed E-state index contributed by atoms with van der Waals surface area (Å²) < 4.78 is 13.6. The Hall–Kier alpha value is -0.940. The average molecular weight is 317 g/mol. The minimum Gasteiger partial charge on any atom is -0.351 e. The first kappa shape index (κ1) is 15.1. The summed E-state index contributed by atoms with van der Waals surface area (Å²) in [7, 11) is 2.00. The van der Waals surface area contributed by atoms with Gasteiger partial charge in [0.2, 0.25) is 0 Å². The fraction of sp³-hybridized carbons (Fsp3) is 0.462. The van der Waals surface area contributed by atoms with Crippen LogP contribution in [0.3, 0.4) is 0 Å². The van der Waals surface area contributed by atoms with Crippen molar-refractivity contribution in [3.8, 4) is 0 Å². The second-order valence-electron chi connectivity index (χ2n) is 4.46. The van der Waals surface area contributed by atoms with Crippen molar-refractivity contribution >= 4 is 21.8 Å². The average Bonchev–Trinajstić information content (AvgIpc) is 2.32. The smallest absolute Gasteiger partial charge is 0.251 e. The molecule has 0 aliphatic carbocycles. The number of halogens is 2. The molecule has 0 unspecified atom stereocenters. The van der Waals surface area contributed by atoms with Gasteiger partial charge in [-0.1, -0.05) is 0 Å². The van der Waals surface area contributed by atoms with Gasteiger partial charge < -0.3 is 10.2 Å². The number of nitrogens with zero attached hydrogens (tertiary/aromatic N) is 1. The molecule has 1 amide bonds. The maximum atomic E-state index is 13.3. The molecule has 1 aromatic carbocycles. The number of rotatable bonds is 5. The largest absolute Gasteiger partial charge is 0.351 e. The Balaban J connectivity index is 2.48. The highest BCUT2D eigenvalue weighted by molar-refractivity contribution is 9.10. The normalized spacial score (nSPS) is 11.1. The van der Waals surface area contributed by atoms with E-state index in [-0.39, 0.29) is 5.91 Å². The van der Waals surface area contributed by atoms with E-state index in [1.165, 1.54) is 12.1 Å². The minimum absolute atomic E-state index is 0.251. The Morgan fingerprint density at radius 3 is 2.72 bits per heavy atom. The van der Waals surface area contributed by atoms with Crippen LogP contribution in [0.25, 0.3) is 0 Å². The van der Waals surface area contributed by atoms with Crippen LogP contribution in [0.4, 0.5) is 4.39 Å². The van der Waals surface area contributed by atoms with Crippen molar-refractivity contribution in [2.45, 2.75) is 19.9 Å². The summed E-state index contributed by atoms with van der Waals surface area (Å²) in [6.07, 6.45) is 0. The summed E-state index contributed by atoms with van der Waals surface area (Å²) >= 11 is 3.05. The summed E-state index contributed by atoms with van der Waals surface area (Å²) in [4.78, 5) is 13.9. The van der Waals surface area contributed by atoms with Gasteiger partial charge in [-0.05, 0) is 55.0 Å². The molecule has 0 aliphatic rings. The van der Waals surface area contributed by atoms with Crippen LogP contribution in [0.5, 0.6) is 0 Å². The first-order chi connectivity index (χ1) is 8.41. The number of hydrogen-bond donors (Lipinski definition) is 1. The predicted molar refractivity (Wildman–Crippen MR) is 74.2 cm³/mol. The molecule has 0 fully saturated rings. The van der Waals surface area contributed by atoms with Crippen molar-refractivity contribution in [3.63, 3.8) is 0 Å². The summed E-state index contributed by atoms with van der Waals surface area (Å²) in [6.45, 7) is 5.49. The first-order valence-corrected chi connectivity index (χ1v) is 6.64. The third kappa shape index (κ3) is 4.38. The lowest BCUT2D eigenvalue weighted by Crippen LogP contribution is -2.36. The molecule has 5 heteroatoms. The molecule has 3 nitrogen and oxygen atoms in total. The van der Waals surface area contributed by atoms with Crippen LogP contribution in [0.1, 0.15) is 24.2 Å². The number of likely N-dealkylation sites (N-methyl/N-ethyl adjacent to an activating group) is 1. The Morgan fingerprint density at radius 1 is 1.50 bits per heavy atom. The fourth-order valence-corrected chi connectivity index (χ4v) is 1.59. The van der Waals surface area contributed by atoms with Crippen LogP contribution in [0.2, 0.25) is 0 Å². The van der Waals surface area contributed by atoms with Crippen molar-refractivity contribution in [2.75, 3.05) is 20.1 Å². The second kappa shape index (κ2) is 6.85. The lowest BCUT2D eigenvalue weighted by atomic mass is 10.2. The lowest BCUT2D eigenvalue weighted by molar-refractivity contribution is 0.0947. The highest BCUT2D eigenvalue weighted by Gasteiger charge is 2.09. The van der Waals surface area contributed by atoms with Crippen LogP contribution in [-0.4, -0.2) is 37.0 Å². The number of amides is 1. The van der Waals surface area contributed by atoms with Gasteiger partial charge in [-0.25, -0.2) is 4.39 Å². The van der Waals surface area contributed by atoms with E-state index in [0.29, 0.717) is 22.6 Å². The zero-order valence-electron chi connectivity index (χ0n) is 10.8. The zero-order valence-corrected chi connectivity index (χ0v) is 12.4. The summed E-state index contributed by atoms with van der Waals surface area (Å²) in [5.74, 6) is -0.680. The zero-order chi connectivity index (χ0) is 13.7. The van der Waals surface area contributed by atoms with Gasteiger partial charge in [0.15, 0.2) is 0 Å². The van der Waals surface area contributed by atoms with E-state index >= 15 is 0 Å². The van der Waals surface area contributed by atoms with Crippen molar-refractivity contribution in [2.24, 2.45) is 0 Å². The van der Waals surface area contributed by atoms with Crippen molar-refractivity contribution in [1.29, 1.82) is 0 Å². The second-order valence-corrected chi connectivity index (χ2v) is 5.31. The van der Waals surface area contributed by atoms with E-state index in [9.17, 15) is 9.18 Å². The Bertz CT molecular complexity index is 423. The standard InChI is InChI=1S/C13H18BrFN2O/c1-9(2)17(3)7-6-16-13(18)10-4-5-11(14)12(15)8-10/h4-5,8-9H,6-7H2,1-3H3,(H,16,18). The van der Waals surface area contributed by atoms with Crippen molar-refractivity contribution in [1.82, 2.24) is 10.2 Å². The molecule has 0 atom stereocenters. The molecule has 0 saturated carbocycles. The molecule has 1 rings (SSSR count). The molecule has 1 aromatic rings. The third-order valence-corrected chi connectivity index (χ3v) is 3.46. The van der Waals surface area contributed by atoms with Gasteiger partial charge in [0, 0.05) is 24.7 Å². The number of hydrogen-bond acceptors (Lipinski definition) is 2. The van der Waals surface area contributed by atoms with Gasteiger partial charge in [0.1, 0.15) is 5.82 Å². The van der Waals surface area contributed by atoms with Gasteiger partial charge in [-0.2, -0.15) is 0 Å². The van der Waals surface area contributed by atoms with Gasteiger partial charge in [-0.15, -0.1) is 0 Å². The highest BCUT2D eigenvalue weighted by Crippen LogP contribution is 2.16. The maximum Gasteiger partial charge on any atom is 0.251 e. The number of carbonyl (C=O) groups is 1. The quantitative estimate of drug-likeness (QED) is 0.905. The van der Waals surface area contributed by atoms with E-state index < -0.39 is 5.82 Å². The molecular formula is C13H18BrFN2O. The molecule has 0 heterocycles. The predicted octanol–water partition coefficient (Wildman–Crippen LogP) is 2.66.